The van der Waals surface area contributed by atoms with E-state index in [9.17, 15) is 4.79 Å². The monoisotopic (exact) mass is 312 g/mol. The summed E-state index contributed by atoms with van der Waals surface area (Å²) in [7, 11) is 0. The Hall–Kier alpha value is -0.900. The number of carbonyl (C=O) groups excluding carboxylic acids is 1. The first kappa shape index (κ1) is 15.2. The molecule has 0 atom stereocenters. The van der Waals surface area contributed by atoms with Crippen LogP contribution in [0.5, 0.6) is 0 Å². The number of amides is 1. The van der Waals surface area contributed by atoms with Crippen LogP contribution >= 0.6 is 15.9 Å². The predicted molar refractivity (Wildman–Crippen MR) is 77.6 cm³/mol. The first-order chi connectivity index (χ1) is 8.57. The van der Waals surface area contributed by atoms with Crippen LogP contribution < -0.4 is 0 Å². The predicted octanol–water partition coefficient (Wildman–Crippen LogP) is 3.88. The quantitative estimate of drug-likeness (QED) is 0.747. The Bertz CT molecular complexity index is 393. The summed E-state index contributed by atoms with van der Waals surface area (Å²) in [6.45, 7) is 7.05. The standard InChI is InChI=1S/C14H21BrN2O/c1-4-5-6-10-17(11(2)3)14(18)13-12(15)8-7-9-16-13/h7-9,11H,4-6,10H2,1-3H3. The smallest absolute Gasteiger partial charge is 0.273 e. The van der Waals surface area contributed by atoms with Crippen molar-refractivity contribution in [3.63, 3.8) is 0 Å². The number of hydrogen-bond acceptors (Lipinski definition) is 2. The Morgan fingerprint density at radius 1 is 1.44 bits per heavy atom. The summed E-state index contributed by atoms with van der Waals surface area (Å²) in [6, 6.07) is 3.87. The van der Waals surface area contributed by atoms with Gasteiger partial charge in [0.25, 0.3) is 5.91 Å². The van der Waals surface area contributed by atoms with Crippen molar-refractivity contribution >= 4 is 21.8 Å². The molecule has 0 bridgehead atoms. The molecule has 0 aliphatic heterocycles. The summed E-state index contributed by atoms with van der Waals surface area (Å²) in [5, 5.41) is 0. The molecule has 1 aromatic rings. The summed E-state index contributed by atoms with van der Waals surface area (Å²) in [5.41, 5.74) is 0.502. The normalized spacial score (nSPS) is 10.7. The van der Waals surface area contributed by atoms with E-state index in [1.807, 2.05) is 30.9 Å². The Morgan fingerprint density at radius 2 is 2.17 bits per heavy atom. The van der Waals surface area contributed by atoms with Crippen LogP contribution in [-0.4, -0.2) is 28.4 Å². The lowest BCUT2D eigenvalue weighted by Crippen LogP contribution is -2.38. The molecule has 1 heterocycles. The van der Waals surface area contributed by atoms with Gasteiger partial charge in [-0.05, 0) is 48.3 Å². The summed E-state index contributed by atoms with van der Waals surface area (Å²) < 4.78 is 0.760. The molecule has 0 saturated heterocycles. The lowest BCUT2D eigenvalue weighted by molar-refractivity contribution is 0.0695. The van der Waals surface area contributed by atoms with Crippen molar-refractivity contribution in [1.29, 1.82) is 0 Å². The third-order valence-corrected chi connectivity index (χ3v) is 3.49. The van der Waals surface area contributed by atoms with Crippen LogP contribution in [0.15, 0.2) is 22.8 Å². The summed E-state index contributed by atoms with van der Waals surface area (Å²) in [4.78, 5) is 18.5. The average Bonchev–Trinajstić information content (AvgIpc) is 2.34. The Morgan fingerprint density at radius 3 is 2.72 bits per heavy atom. The van der Waals surface area contributed by atoms with Crippen molar-refractivity contribution in [1.82, 2.24) is 9.88 Å². The summed E-state index contributed by atoms with van der Waals surface area (Å²) in [5.74, 6) is 0.00794. The van der Waals surface area contributed by atoms with Gasteiger partial charge in [-0.15, -0.1) is 0 Å². The Kier molecular flexibility index (Phi) is 6.33. The fourth-order valence-corrected chi connectivity index (χ4v) is 2.23. The van der Waals surface area contributed by atoms with Gasteiger partial charge in [0.15, 0.2) is 0 Å². The van der Waals surface area contributed by atoms with Crippen molar-refractivity contribution in [3.8, 4) is 0 Å². The zero-order valence-corrected chi connectivity index (χ0v) is 12.9. The molecule has 3 nitrogen and oxygen atoms in total. The van der Waals surface area contributed by atoms with Gasteiger partial charge in [0.1, 0.15) is 5.69 Å². The van der Waals surface area contributed by atoms with Crippen LogP contribution in [0.3, 0.4) is 0 Å². The molecule has 0 spiro atoms. The molecule has 0 N–H and O–H groups in total. The number of nitrogens with zero attached hydrogens (tertiary/aromatic N) is 2. The number of aromatic nitrogens is 1. The molecule has 0 unspecified atom stereocenters. The lowest BCUT2D eigenvalue weighted by atomic mass is 10.2. The van der Waals surface area contributed by atoms with Gasteiger partial charge in [-0.25, -0.2) is 4.98 Å². The van der Waals surface area contributed by atoms with Gasteiger partial charge < -0.3 is 4.90 Å². The molecule has 0 aliphatic carbocycles. The van der Waals surface area contributed by atoms with Gasteiger partial charge in [0.2, 0.25) is 0 Å². The Balaban J connectivity index is 2.80. The maximum absolute atomic E-state index is 12.4. The molecular formula is C14H21BrN2O. The van der Waals surface area contributed by atoms with Gasteiger partial charge >= 0.3 is 0 Å². The average molecular weight is 313 g/mol. The second-order valence-corrected chi connectivity index (χ2v) is 5.49. The van der Waals surface area contributed by atoms with E-state index in [1.54, 1.807) is 6.20 Å². The molecule has 0 radical (unpaired) electrons. The minimum atomic E-state index is 0.00794. The van der Waals surface area contributed by atoms with Crippen LogP contribution in [0.2, 0.25) is 0 Å². The number of pyridine rings is 1. The van der Waals surface area contributed by atoms with Crippen LogP contribution in [-0.2, 0) is 0 Å². The molecule has 0 aliphatic rings. The molecule has 18 heavy (non-hydrogen) atoms. The van der Waals surface area contributed by atoms with Crippen LogP contribution in [0.25, 0.3) is 0 Å². The molecular weight excluding hydrogens is 292 g/mol. The van der Waals surface area contributed by atoms with E-state index in [1.165, 1.54) is 0 Å². The van der Waals surface area contributed by atoms with E-state index in [-0.39, 0.29) is 11.9 Å². The highest BCUT2D eigenvalue weighted by Crippen LogP contribution is 2.17. The zero-order valence-electron chi connectivity index (χ0n) is 11.3. The van der Waals surface area contributed by atoms with E-state index < -0.39 is 0 Å². The molecule has 0 saturated carbocycles. The van der Waals surface area contributed by atoms with Crippen LogP contribution in [0, 0.1) is 0 Å². The molecule has 1 rings (SSSR count). The van der Waals surface area contributed by atoms with Gasteiger partial charge in [0.05, 0.1) is 0 Å². The molecule has 4 heteroatoms. The zero-order chi connectivity index (χ0) is 13.5. The minimum absolute atomic E-state index is 0.00794. The van der Waals surface area contributed by atoms with Gasteiger partial charge in [-0.1, -0.05) is 19.8 Å². The number of halogens is 1. The maximum atomic E-state index is 12.4. The molecule has 1 aromatic heterocycles. The molecule has 1 amide bonds. The Labute approximate surface area is 118 Å². The fourth-order valence-electron chi connectivity index (χ4n) is 1.81. The van der Waals surface area contributed by atoms with Crippen LogP contribution in [0.4, 0.5) is 0 Å². The van der Waals surface area contributed by atoms with E-state index in [0.29, 0.717) is 5.69 Å². The largest absolute Gasteiger partial charge is 0.335 e. The van der Waals surface area contributed by atoms with Crippen molar-refractivity contribution in [2.24, 2.45) is 0 Å². The summed E-state index contributed by atoms with van der Waals surface area (Å²) >= 11 is 3.39. The second-order valence-electron chi connectivity index (χ2n) is 4.63. The number of hydrogen-bond donors (Lipinski definition) is 0. The van der Waals surface area contributed by atoms with Crippen LogP contribution in [0.1, 0.15) is 50.5 Å². The van der Waals surface area contributed by atoms with Crippen molar-refractivity contribution in [3.05, 3.63) is 28.5 Å². The second kappa shape index (κ2) is 7.52. The van der Waals surface area contributed by atoms with E-state index in [0.717, 1.165) is 30.3 Å². The van der Waals surface area contributed by atoms with Crippen molar-refractivity contribution in [2.75, 3.05) is 6.54 Å². The first-order valence-electron chi connectivity index (χ1n) is 6.49. The van der Waals surface area contributed by atoms with Gasteiger partial charge in [-0.2, -0.15) is 0 Å². The molecule has 0 aromatic carbocycles. The van der Waals surface area contributed by atoms with E-state index >= 15 is 0 Å². The minimum Gasteiger partial charge on any atom is -0.335 e. The SMILES string of the molecule is CCCCCN(C(=O)c1ncccc1Br)C(C)C. The highest BCUT2D eigenvalue weighted by molar-refractivity contribution is 9.10. The molecule has 100 valence electrons. The van der Waals surface area contributed by atoms with Crippen molar-refractivity contribution in [2.45, 2.75) is 46.1 Å². The highest BCUT2D eigenvalue weighted by Gasteiger charge is 2.21. The number of rotatable bonds is 6. The third kappa shape index (κ3) is 4.09. The third-order valence-electron chi connectivity index (χ3n) is 2.85. The van der Waals surface area contributed by atoms with Crippen molar-refractivity contribution < 1.29 is 4.79 Å². The first-order valence-corrected chi connectivity index (χ1v) is 7.28. The molecule has 0 fully saturated rings. The summed E-state index contributed by atoms with van der Waals surface area (Å²) in [6.07, 6.45) is 5.01. The number of unbranched alkanes of at least 4 members (excludes halogenated alkanes) is 2. The number of carbonyl (C=O) groups is 1. The topological polar surface area (TPSA) is 33.2 Å². The van der Waals surface area contributed by atoms with Gasteiger partial charge in [-0.3, -0.25) is 4.79 Å². The van der Waals surface area contributed by atoms with E-state index in [4.69, 9.17) is 0 Å². The van der Waals surface area contributed by atoms with Gasteiger partial charge in [0, 0.05) is 23.3 Å². The van der Waals surface area contributed by atoms with E-state index in [2.05, 4.69) is 27.8 Å². The fraction of sp³-hybridized carbons (Fsp3) is 0.571. The highest BCUT2D eigenvalue weighted by atomic mass is 79.9. The maximum Gasteiger partial charge on any atom is 0.273 e. The lowest BCUT2D eigenvalue weighted by Gasteiger charge is -2.26.